The highest BCUT2D eigenvalue weighted by atomic mass is 32.1. The Morgan fingerprint density at radius 2 is 1.92 bits per heavy atom. The molecule has 26 heavy (non-hydrogen) atoms. The molecule has 0 spiro atoms. The number of hydrogen-bond acceptors (Lipinski definition) is 5. The zero-order chi connectivity index (χ0) is 18.3. The predicted octanol–water partition coefficient (Wildman–Crippen LogP) is 3.73. The molecule has 4 rings (SSSR count). The highest BCUT2D eigenvalue weighted by Gasteiger charge is 2.39. The number of thiazole rings is 1. The molecule has 7 heteroatoms. The predicted molar refractivity (Wildman–Crippen MR) is 104 cm³/mol. The monoisotopic (exact) mass is 366 g/mol. The Bertz CT molecular complexity index is 1010. The van der Waals surface area contributed by atoms with Gasteiger partial charge in [0, 0.05) is 11.6 Å². The number of aromatic nitrogens is 1. The summed E-state index contributed by atoms with van der Waals surface area (Å²) in [6.07, 6.45) is 0.874. The van der Waals surface area contributed by atoms with Crippen LogP contribution in [0, 0.1) is 11.8 Å². The third-order valence-corrected chi connectivity index (χ3v) is 5.43. The van der Waals surface area contributed by atoms with Gasteiger partial charge in [-0.15, -0.1) is 0 Å². The first-order valence-corrected chi connectivity index (χ1v) is 9.20. The molecule has 0 aliphatic heterocycles. The quantitative estimate of drug-likeness (QED) is 0.641. The summed E-state index contributed by atoms with van der Waals surface area (Å²) in [5, 5.41) is 9.12. The summed E-state index contributed by atoms with van der Waals surface area (Å²) in [4.78, 5) is 28.1. The first-order chi connectivity index (χ1) is 12.5. The van der Waals surface area contributed by atoms with E-state index < -0.39 is 5.91 Å². The van der Waals surface area contributed by atoms with E-state index in [1.54, 1.807) is 0 Å². The Hall–Kier alpha value is -2.93. The van der Waals surface area contributed by atoms with Gasteiger partial charge in [-0.1, -0.05) is 48.6 Å². The molecule has 0 saturated heterocycles. The van der Waals surface area contributed by atoms with Gasteiger partial charge in [0.1, 0.15) is 5.00 Å². The summed E-state index contributed by atoms with van der Waals surface area (Å²) in [6.45, 7) is 2.03. The average molecular weight is 366 g/mol. The van der Waals surface area contributed by atoms with Gasteiger partial charge in [-0.2, -0.15) is 0 Å². The van der Waals surface area contributed by atoms with Crippen LogP contribution in [0.4, 0.5) is 15.8 Å². The standard InChI is InChI=1S/C19H18N4O2S/c1-10-8-14(10)17(25)23-18-15(16(20)24)22-19(26-18)21-13-7-6-11-4-2-3-5-12(11)9-13/h2-7,9-10,14H,8H2,1H3,(H2,20,24)(H,21,22)(H,23,25). The van der Waals surface area contributed by atoms with Crippen molar-refractivity contribution in [1.82, 2.24) is 4.98 Å². The summed E-state index contributed by atoms with van der Waals surface area (Å²) < 4.78 is 0. The van der Waals surface area contributed by atoms with E-state index in [0.29, 0.717) is 16.1 Å². The Kier molecular flexibility index (Phi) is 4.08. The molecule has 4 N–H and O–H groups in total. The van der Waals surface area contributed by atoms with Crippen LogP contribution >= 0.6 is 11.3 Å². The Morgan fingerprint density at radius 3 is 2.62 bits per heavy atom. The summed E-state index contributed by atoms with van der Waals surface area (Å²) >= 11 is 1.21. The topological polar surface area (TPSA) is 97.1 Å². The van der Waals surface area contributed by atoms with Gasteiger partial charge in [-0.25, -0.2) is 4.98 Å². The van der Waals surface area contributed by atoms with Crippen molar-refractivity contribution in [2.75, 3.05) is 10.6 Å². The van der Waals surface area contributed by atoms with Gasteiger partial charge in [0.05, 0.1) is 0 Å². The van der Waals surface area contributed by atoms with E-state index in [1.165, 1.54) is 11.3 Å². The number of amides is 2. The summed E-state index contributed by atoms with van der Waals surface area (Å²) in [6, 6.07) is 14.0. The number of benzene rings is 2. The van der Waals surface area contributed by atoms with Crippen LogP contribution in [0.1, 0.15) is 23.8 Å². The van der Waals surface area contributed by atoms with E-state index in [4.69, 9.17) is 5.73 Å². The van der Waals surface area contributed by atoms with Crippen molar-refractivity contribution >= 4 is 49.7 Å². The number of hydrogen-bond donors (Lipinski definition) is 3. The number of anilines is 3. The minimum absolute atomic E-state index is 0.00900. The van der Waals surface area contributed by atoms with Gasteiger partial charge in [0.2, 0.25) is 5.91 Å². The minimum Gasteiger partial charge on any atom is -0.364 e. The van der Waals surface area contributed by atoms with Crippen molar-refractivity contribution in [3.05, 3.63) is 48.2 Å². The van der Waals surface area contributed by atoms with Gasteiger partial charge in [-0.3, -0.25) is 9.59 Å². The second kappa shape index (κ2) is 6.42. The van der Waals surface area contributed by atoms with Gasteiger partial charge in [0.25, 0.3) is 5.91 Å². The van der Waals surface area contributed by atoms with Crippen molar-refractivity contribution in [3.63, 3.8) is 0 Å². The molecule has 1 aromatic heterocycles. The molecule has 1 fully saturated rings. The van der Waals surface area contributed by atoms with E-state index in [9.17, 15) is 9.59 Å². The van der Waals surface area contributed by atoms with Crippen molar-refractivity contribution in [2.45, 2.75) is 13.3 Å². The Labute approximate surface area is 154 Å². The fraction of sp³-hybridized carbons (Fsp3) is 0.211. The zero-order valence-electron chi connectivity index (χ0n) is 14.2. The second-order valence-corrected chi connectivity index (χ2v) is 7.56. The maximum atomic E-state index is 12.2. The molecule has 1 saturated carbocycles. The maximum Gasteiger partial charge on any atom is 0.270 e. The van der Waals surface area contributed by atoms with Crippen molar-refractivity contribution in [2.24, 2.45) is 17.6 Å². The maximum absolute atomic E-state index is 12.2. The third kappa shape index (κ3) is 3.25. The van der Waals surface area contributed by atoms with Crippen LogP contribution in [0.25, 0.3) is 10.8 Å². The average Bonchev–Trinajstić information content (AvgIpc) is 3.22. The second-order valence-electron chi connectivity index (χ2n) is 6.56. The SMILES string of the molecule is CC1CC1C(=O)Nc1sc(Nc2ccc3ccccc3c2)nc1C(N)=O. The largest absolute Gasteiger partial charge is 0.364 e. The molecule has 3 aromatic rings. The summed E-state index contributed by atoms with van der Waals surface area (Å²) in [5.41, 5.74) is 6.35. The lowest BCUT2D eigenvalue weighted by molar-refractivity contribution is -0.117. The molecule has 1 heterocycles. The number of carbonyl (C=O) groups excluding carboxylic acids is 2. The highest BCUT2D eigenvalue weighted by Crippen LogP contribution is 2.40. The van der Waals surface area contributed by atoms with Gasteiger partial charge < -0.3 is 16.4 Å². The number of primary amides is 1. The smallest absolute Gasteiger partial charge is 0.270 e. The fourth-order valence-corrected chi connectivity index (χ4v) is 3.80. The molecule has 132 valence electrons. The van der Waals surface area contributed by atoms with Crippen molar-refractivity contribution in [3.8, 4) is 0 Å². The zero-order valence-corrected chi connectivity index (χ0v) is 15.0. The molecule has 0 radical (unpaired) electrons. The van der Waals surface area contributed by atoms with Crippen LogP contribution in [-0.4, -0.2) is 16.8 Å². The van der Waals surface area contributed by atoms with Crippen LogP contribution < -0.4 is 16.4 Å². The van der Waals surface area contributed by atoms with E-state index in [1.807, 2.05) is 49.4 Å². The van der Waals surface area contributed by atoms with Gasteiger partial charge >= 0.3 is 0 Å². The van der Waals surface area contributed by atoms with Gasteiger partial charge in [0.15, 0.2) is 10.8 Å². The molecule has 1 aliphatic carbocycles. The highest BCUT2D eigenvalue weighted by molar-refractivity contribution is 7.20. The number of nitrogens with one attached hydrogen (secondary N) is 2. The van der Waals surface area contributed by atoms with E-state index in [0.717, 1.165) is 22.9 Å². The van der Waals surface area contributed by atoms with Crippen molar-refractivity contribution in [1.29, 1.82) is 0 Å². The number of rotatable bonds is 5. The number of carbonyl (C=O) groups is 2. The summed E-state index contributed by atoms with van der Waals surface area (Å²) in [5.74, 6) is -0.349. The minimum atomic E-state index is -0.660. The number of nitrogens with zero attached hydrogens (tertiary/aromatic N) is 1. The van der Waals surface area contributed by atoms with Crippen molar-refractivity contribution < 1.29 is 9.59 Å². The molecule has 2 atom stereocenters. The molecule has 1 aliphatic rings. The van der Waals surface area contributed by atoms with Crippen LogP contribution in [0.5, 0.6) is 0 Å². The van der Waals surface area contributed by atoms with Crippen LogP contribution in [-0.2, 0) is 4.79 Å². The lowest BCUT2D eigenvalue weighted by atomic mass is 10.1. The van der Waals surface area contributed by atoms with E-state index >= 15 is 0 Å². The van der Waals surface area contributed by atoms with Crippen LogP contribution in [0.3, 0.4) is 0 Å². The molecule has 0 bridgehead atoms. The summed E-state index contributed by atoms with van der Waals surface area (Å²) in [7, 11) is 0. The van der Waals surface area contributed by atoms with E-state index in [2.05, 4.69) is 15.6 Å². The fourth-order valence-electron chi connectivity index (χ4n) is 2.91. The lowest BCUT2D eigenvalue weighted by Gasteiger charge is -2.04. The lowest BCUT2D eigenvalue weighted by Crippen LogP contribution is -2.18. The number of fused-ring (bicyclic) bond motifs is 1. The molecular weight excluding hydrogens is 348 g/mol. The molecular formula is C19H18N4O2S. The normalized spacial score (nSPS) is 18.5. The van der Waals surface area contributed by atoms with Crippen LogP contribution in [0.2, 0.25) is 0 Å². The molecule has 2 unspecified atom stereocenters. The molecule has 2 amide bonds. The third-order valence-electron chi connectivity index (χ3n) is 4.54. The molecule has 2 aromatic carbocycles. The van der Waals surface area contributed by atoms with Crippen LogP contribution in [0.15, 0.2) is 42.5 Å². The first-order valence-electron chi connectivity index (χ1n) is 8.38. The van der Waals surface area contributed by atoms with Gasteiger partial charge in [-0.05, 0) is 35.2 Å². The number of nitrogens with two attached hydrogens (primary N) is 1. The molecule has 6 nitrogen and oxygen atoms in total. The Balaban J connectivity index is 1.58. The first kappa shape index (κ1) is 16.5. The van der Waals surface area contributed by atoms with E-state index in [-0.39, 0.29) is 17.5 Å². The Morgan fingerprint density at radius 1 is 1.19 bits per heavy atom.